The van der Waals surface area contributed by atoms with Gasteiger partial charge in [-0.1, -0.05) is 13.0 Å². The van der Waals surface area contributed by atoms with Gasteiger partial charge >= 0.3 is 0 Å². The highest BCUT2D eigenvalue weighted by Crippen LogP contribution is 2.26. The predicted octanol–water partition coefficient (Wildman–Crippen LogP) is 2.15. The number of hydrogen-bond donors (Lipinski definition) is 1. The standard InChI is InChI=1S/C13H20BrNO3S/c1-3-11(15)8-10-4-5-13(12(14)9-10)18-6-7-19(2,16)17/h4-5,9,11H,3,6-8,15H2,1-2H3. The van der Waals surface area contributed by atoms with E-state index in [1.807, 2.05) is 18.2 Å². The van der Waals surface area contributed by atoms with E-state index in [0.29, 0.717) is 5.75 Å². The highest BCUT2D eigenvalue weighted by Gasteiger charge is 2.07. The van der Waals surface area contributed by atoms with E-state index in [0.717, 1.165) is 22.9 Å². The van der Waals surface area contributed by atoms with Crippen molar-refractivity contribution in [2.24, 2.45) is 5.73 Å². The number of rotatable bonds is 7. The van der Waals surface area contributed by atoms with Gasteiger partial charge < -0.3 is 10.5 Å². The normalized spacial score (nSPS) is 13.3. The summed E-state index contributed by atoms with van der Waals surface area (Å²) in [6.45, 7) is 2.22. The second-order valence-electron chi connectivity index (χ2n) is 4.62. The first kappa shape index (κ1) is 16.5. The van der Waals surface area contributed by atoms with Gasteiger partial charge in [-0.25, -0.2) is 8.42 Å². The minimum Gasteiger partial charge on any atom is -0.491 e. The van der Waals surface area contributed by atoms with Crippen molar-refractivity contribution in [3.63, 3.8) is 0 Å². The first-order valence-corrected chi connectivity index (χ1v) is 9.01. The molecule has 1 aromatic carbocycles. The lowest BCUT2D eigenvalue weighted by Gasteiger charge is -2.12. The molecule has 1 rings (SSSR count). The van der Waals surface area contributed by atoms with Crippen LogP contribution in [0.15, 0.2) is 22.7 Å². The smallest absolute Gasteiger partial charge is 0.150 e. The van der Waals surface area contributed by atoms with Crippen molar-refractivity contribution in [2.75, 3.05) is 18.6 Å². The number of hydrogen-bond acceptors (Lipinski definition) is 4. The topological polar surface area (TPSA) is 69.4 Å². The Labute approximate surface area is 123 Å². The van der Waals surface area contributed by atoms with Crippen LogP contribution in [0, 0.1) is 0 Å². The largest absolute Gasteiger partial charge is 0.491 e. The molecule has 0 fully saturated rings. The molecule has 1 unspecified atom stereocenters. The maximum absolute atomic E-state index is 11.0. The Morgan fingerprint density at radius 1 is 1.42 bits per heavy atom. The lowest BCUT2D eigenvalue weighted by molar-refractivity contribution is 0.339. The lowest BCUT2D eigenvalue weighted by Crippen LogP contribution is -2.21. The van der Waals surface area contributed by atoms with E-state index < -0.39 is 9.84 Å². The molecule has 0 amide bonds. The van der Waals surface area contributed by atoms with Gasteiger partial charge in [-0.2, -0.15) is 0 Å². The second kappa shape index (κ2) is 7.26. The molecule has 6 heteroatoms. The van der Waals surface area contributed by atoms with Crippen molar-refractivity contribution in [3.8, 4) is 5.75 Å². The van der Waals surface area contributed by atoms with Gasteiger partial charge in [-0.3, -0.25) is 0 Å². The number of sulfone groups is 1. The summed E-state index contributed by atoms with van der Waals surface area (Å²) in [6, 6.07) is 5.91. The second-order valence-corrected chi connectivity index (χ2v) is 7.73. The summed E-state index contributed by atoms with van der Waals surface area (Å²) >= 11 is 3.42. The number of halogens is 1. The minimum atomic E-state index is -2.99. The summed E-state index contributed by atoms with van der Waals surface area (Å²) in [5.74, 6) is 0.666. The van der Waals surface area contributed by atoms with Crippen LogP contribution in [0.1, 0.15) is 18.9 Å². The average molecular weight is 350 g/mol. The minimum absolute atomic E-state index is 0.0158. The third-order valence-electron chi connectivity index (χ3n) is 2.73. The Morgan fingerprint density at radius 3 is 2.63 bits per heavy atom. The maximum Gasteiger partial charge on any atom is 0.150 e. The van der Waals surface area contributed by atoms with Crippen molar-refractivity contribution >= 4 is 25.8 Å². The molecular weight excluding hydrogens is 330 g/mol. The third kappa shape index (κ3) is 6.40. The van der Waals surface area contributed by atoms with Crippen LogP contribution in [0.3, 0.4) is 0 Å². The van der Waals surface area contributed by atoms with Gasteiger partial charge in [0.25, 0.3) is 0 Å². The molecule has 0 saturated heterocycles. The van der Waals surface area contributed by atoms with Crippen LogP contribution in [0.5, 0.6) is 5.75 Å². The molecule has 0 aliphatic carbocycles. The van der Waals surface area contributed by atoms with Gasteiger partial charge in [-0.05, 0) is 46.5 Å². The summed E-state index contributed by atoms with van der Waals surface area (Å²) in [4.78, 5) is 0. The summed E-state index contributed by atoms with van der Waals surface area (Å²) in [7, 11) is -2.99. The molecule has 2 N–H and O–H groups in total. The Balaban J connectivity index is 2.62. The molecule has 108 valence electrons. The zero-order valence-corrected chi connectivity index (χ0v) is 13.6. The fraction of sp³-hybridized carbons (Fsp3) is 0.538. The molecule has 0 spiro atoms. The highest BCUT2D eigenvalue weighted by molar-refractivity contribution is 9.10. The van der Waals surface area contributed by atoms with Gasteiger partial charge in [0.05, 0.1) is 10.2 Å². The molecular formula is C13H20BrNO3S. The summed E-state index contributed by atoms with van der Waals surface area (Å²) in [6.07, 6.45) is 2.95. The maximum atomic E-state index is 11.0. The molecule has 0 aromatic heterocycles. The number of nitrogens with two attached hydrogens (primary N) is 1. The highest BCUT2D eigenvalue weighted by atomic mass is 79.9. The van der Waals surface area contributed by atoms with Crippen LogP contribution in [-0.4, -0.2) is 33.1 Å². The van der Waals surface area contributed by atoms with E-state index in [9.17, 15) is 8.42 Å². The van der Waals surface area contributed by atoms with Crippen LogP contribution in [0.25, 0.3) is 0 Å². The monoisotopic (exact) mass is 349 g/mol. The molecule has 0 aliphatic rings. The Morgan fingerprint density at radius 2 is 2.11 bits per heavy atom. The number of ether oxygens (including phenoxy) is 1. The van der Waals surface area contributed by atoms with Crippen molar-refractivity contribution < 1.29 is 13.2 Å². The molecule has 0 bridgehead atoms. The zero-order valence-electron chi connectivity index (χ0n) is 11.2. The van der Waals surface area contributed by atoms with Gasteiger partial charge in [-0.15, -0.1) is 0 Å². The molecule has 1 aromatic rings. The van der Waals surface area contributed by atoms with Gasteiger partial charge in [0.2, 0.25) is 0 Å². The van der Waals surface area contributed by atoms with Crippen molar-refractivity contribution in [3.05, 3.63) is 28.2 Å². The molecule has 0 aliphatic heterocycles. The third-order valence-corrected chi connectivity index (χ3v) is 4.26. The fourth-order valence-corrected chi connectivity index (χ4v) is 2.47. The molecule has 19 heavy (non-hydrogen) atoms. The van der Waals surface area contributed by atoms with Crippen LogP contribution in [-0.2, 0) is 16.3 Å². The van der Waals surface area contributed by atoms with Crippen LogP contribution >= 0.6 is 15.9 Å². The molecule has 4 nitrogen and oxygen atoms in total. The first-order chi connectivity index (χ1) is 8.81. The van der Waals surface area contributed by atoms with Crippen molar-refractivity contribution in [1.29, 1.82) is 0 Å². The molecule has 1 atom stereocenters. The van der Waals surface area contributed by atoms with Crippen LogP contribution in [0.4, 0.5) is 0 Å². The average Bonchev–Trinajstić information content (AvgIpc) is 2.30. The van der Waals surface area contributed by atoms with Crippen molar-refractivity contribution in [2.45, 2.75) is 25.8 Å². The molecule has 0 saturated carbocycles. The summed E-state index contributed by atoms with van der Waals surface area (Å²) in [5.41, 5.74) is 7.04. The fourth-order valence-electron chi connectivity index (χ4n) is 1.54. The first-order valence-electron chi connectivity index (χ1n) is 6.16. The van der Waals surface area contributed by atoms with Crippen LogP contribution in [0.2, 0.25) is 0 Å². The summed E-state index contributed by atoms with van der Waals surface area (Å²) < 4.78 is 28.3. The van der Waals surface area contributed by atoms with E-state index in [1.165, 1.54) is 6.26 Å². The Bertz CT molecular complexity index is 517. The quantitative estimate of drug-likeness (QED) is 0.818. The SMILES string of the molecule is CCC(N)Cc1ccc(OCCS(C)(=O)=O)c(Br)c1. The predicted molar refractivity (Wildman–Crippen MR) is 81.3 cm³/mol. The van der Waals surface area contributed by atoms with E-state index in [-0.39, 0.29) is 18.4 Å². The Kier molecular flexibility index (Phi) is 6.29. The van der Waals surface area contributed by atoms with Gasteiger partial charge in [0.15, 0.2) is 9.84 Å². The lowest BCUT2D eigenvalue weighted by atomic mass is 10.0. The van der Waals surface area contributed by atoms with Crippen LogP contribution < -0.4 is 10.5 Å². The van der Waals surface area contributed by atoms with Gasteiger partial charge in [0, 0.05) is 12.3 Å². The van der Waals surface area contributed by atoms with Crippen molar-refractivity contribution in [1.82, 2.24) is 0 Å². The molecule has 0 radical (unpaired) electrons. The Hall–Kier alpha value is -0.590. The van der Waals surface area contributed by atoms with E-state index in [1.54, 1.807) is 0 Å². The summed E-state index contributed by atoms with van der Waals surface area (Å²) in [5, 5.41) is 0. The van der Waals surface area contributed by atoms with E-state index >= 15 is 0 Å². The van der Waals surface area contributed by atoms with E-state index in [2.05, 4.69) is 22.9 Å². The molecule has 0 heterocycles. The zero-order chi connectivity index (χ0) is 14.5. The van der Waals surface area contributed by atoms with Gasteiger partial charge in [0.1, 0.15) is 12.4 Å². The number of benzene rings is 1. The van der Waals surface area contributed by atoms with E-state index in [4.69, 9.17) is 10.5 Å².